The van der Waals surface area contributed by atoms with Gasteiger partial charge in [0.25, 0.3) is 0 Å². The number of anilines is 1. The second-order valence-electron chi connectivity index (χ2n) is 11.1. The van der Waals surface area contributed by atoms with Crippen LogP contribution in [-0.4, -0.2) is 29.6 Å². The van der Waals surface area contributed by atoms with Gasteiger partial charge in [0.15, 0.2) is 0 Å². The maximum Gasteiger partial charge on any atom is 0.230 e. The maximum atomic E-state index is 13.3. The summed E-state index contributed by atoms with van der Waals surface area (Å²) in [5.74, 6) is 5.13. The van der Waals surface area contributed by atoms with Gasteiger partial charge in [0, 0.05) is 25.8 Å². The summed E-state index contributed by atoms with van der Waals surface area (Å²) >= 11 is 0. The van der Waals surface area contributed by atoms with Gasteiger partial charge >= 0.3 is 0 Å². The zero-order valence-corrected chi connectivity index (χ0v) is 19.4. The molecule has 8 unspecified atom stereocenters. The standard InChI is InChI=1S/C26H36N4O2/c1-26-11-9-20-19-5-3-16(15-32-2)13-17(19)4-6-21(20)22(26)7-8-23(26)24(31)30-25-28-12-10-18(14-27)29-25/h10,12,16-17,19-23H,3-9,11,13,15H2,1-2H3,(H,28,29,30,31). The highest BCUT2D eigenvalue weighted by Gasteiger charge is 2.58. The van der Waals surface area contributed by atoms with Crippen LogP contribution in [0.1, 0.15) is 70.4 Å². The molecule has 172 valence electrons. The molecule has 6 nitrogen and oxygen atoms in total. The predicted octanol–water partition coefficient (Wildman–Crippen LogP) is 4.82. The van der Waals surface area contributed by atoms with E-state index in [-0.39, 0.29) is 28.9 Å². The Morgan fingerprint density at radius 2 is 2.03 bits per heavy atom. The number of nitrogens with zero attached hydrogens (tertiary/aromatic N) is 3. The van der Waals surface area contributed by atoms with Crippen LogP contribution in [0.15, 0.2) is 12.3 Å². The lowest BCUT2D eigenvalue weighted by molar-refractivity contribution is -0.127. The minimum atomic E-state index is 0.0120. The molecule has 0 aliphatic heterocycles. The van der Waals surface area contributed by atoms with Crippen LogP contribution in [0.4, 0.5) is 5.95 Å². The highest BCUT2D eigenvalue weighted by atomic mass is 16.5. The maximum absolute atomic E-state index is 13.3. The molecule has 0 radical (unpaired) electrons. The van der Waals surface area contributed by atoms with Gasteiger partial charge in [-0.25, -0.2) is 9.97 Å². The summed E-state index contributed by atoms with van der Waals surface area (Å²) in [6, 6.07) is 3.58. The third-order valence-corrected chi connectivity index (χ3v) is 9.79. The molecule has 1 amide bonds. The number of methoxy groups -OCH3 is 1. The first-order valence-electron chi connectivity index (χ1n) is 12.6. The molecule has 0 saturated heterocycles. The summed E-state index contributed by atoms with van der Waals surface area (Å²) < 4.78 is 5.46. The third-order valence-electron chi connectivity index (χ3n) is 9.79. The number of carbonyl (C=O) groups excluding carboxylic acids is 1. The van der Waals surface area contributed by atoms with Gasteiger partial charge in [-0.15, -0.1) is 0 Å². The number of ether oxygens (including phenoxy) is 1. The van der Waals surface area contributed by atoms with E-state index in [1.54, 1.807) is 6.07 Å². The van der Waals surface area contributed by atoms with Gasteiger partial charge in [0.1, 0.15) is 11.8 Å². The number of fused-ring (bicyclic) bond motifs is 5. The molecule has 1 aromatic heterocycles. The first-order chi connectivity index (χ1) is 15.5. The monoisotopic (exact) mass is 436 g/mol. The van der Waals surface area contributed by atoms with Crippen molar-refractivity contribution in [3.8, 4) is 6.07 Å². The van der Waals surface area contributed by atoms with Crippen molar-refractivity contribution in [1.82, 2.24) is 9.97 Å². The predicted molar refractivity (Wildman–Crippen MR) is 121 cm³/mol. The largest absolute Gasteiger partial charge is 0.384 e. The molecule has 4 aliphatic rings. The Morgan fingerprint density at radius 1 is 1.19 bits per heavy atom. The quantitative estimate of drug-likeness (QED) is 0.731. The summed E-state index contributed by atoms with van der Waals surface area (Å²) in [4.78, 5) is 21.6. The highest BCUT2D eigenvalue weighted by Crippen LogP contribution is 2.64. The number of aromatic nitrogens is 2. The molecule has 1 heterocycles. The first-order valence-corrected chi connectivity index (χ1v) is 12.6. The van der Waals surface area contributed by atoms with Gasteiger partial charge < -0.3 is 4.74 Å². The second kappa shape index (κ2) is 8.74. The minimum absolute atomic E-state index is 0.0120. The van der Waals surface area contributed by atoms with E-state index in [2.05, 4.69) is 22.2 Å². The van der Waals surface area contributed by atoms with Crippen LogP contribution < -0.4 is 5.32 Å². The Labute approximate surface area is 191 Å². The Hall–Kier alpha value is -2.00. The van der Waals surface area contributed by atoms with Gasteiger partial charge in [-0.2, -0.15) is 5.26 Å². The van der Waals surface area contributed by atoms with Crippen molar-refractivity contribution in [1.29, 1.82) is 5.26 Å². The number of hydrogen-bond acceptors (Lipinski definition) is 5. The molecule has 6 heteroatoms. The molecule has 4 fully saturated rings. The number of nitriles is 1. The summed E-state index contributed by atoms with van der Waals surface area (Å²) in [7, 11) is 1.84. The van der Waals surface area contributed by atoms with E-state index in [0.717, 1.165) is 49.0 Å². The Morgan fingerprint density at radius 3 is 2.84 bits per heavy atom. The van der Waals surface area contributed by atoms with Gasteiger partial charge in [0.2, 0.25) is 11.9 Å². The van der Waals surface area contributed by atoms with E-state index < -0.39 is 0 Å². The average Bonchev–Trinajstić information content (AvgIpc) is 3.16. The molecule has 5 rings (SSSR count). The van der Waals surface area contributed by atoms with Crippen LogP contribution in [0.3, 0.4) is 0 Å². The number of nitrogens with one attached hydrogen (secondary N) is 1. The molecular weight excluding hydrogens is 400 g/mol. The summed E-state index contributed by atoms with van der Waals surface area (Å²) in [5, 5.41) is 12.0. The smallest absolute Gasteiger partial charge is 0.230 e. The molecule has 4 saturated carbocycles. The van der Waals surface area contributed by atoms with Gasteiger partial charge in [0.05, 0.1) is 0 Å². The number of amides is 1. The lowest BCUT2D eigenvalue weighted by Crippen LogP contribution is -2.50. The van der Waals surface area contributed by atoms with Gasteiger partial charge in [-0.3, -0.25) is 10.1 Å². The molecule has 0 spiro atoms. The lowest BCUT2D eigenvalue weighted by atomic mass is 9.49. The number of hydrogen-bond donors (Lipinski definition) is 1. The van der Waals surface area contributed by atoms with Crippen LogP contribution in [0, 0.1) is 58.2 Å². The lowest BCUT2D eigenvalue weighted by Gasteiger charge is -2.56. The van der Waals surface area contributed by atoms with Crippen molar-refractivity contribution in [2.75, 3.05) is 19.0 Å². The fraction of sp³-hybridized carbons (Fsp3) is 0.769. The van der Waals surface area contributed by atoms with Crippen LogP contribution >= 0.6 is 0 Å². The van der Waals surface area contributed by atoms with Crippen LogP contribution in [0.5, 0.6) is 0 Å². The Balaban J connectivity index is 1.28. The topological polar surface area (TPSA) is 87.9 Å². The molecule has 1 aromatic rings. The fourth-order valence-corrected chi connectivity index (χ4v) is 8.45. The molecule has 1 N–H and O–H groups in total. The number of rotatable bonds is 4. The van der Waals surface area contributed by atoms with Crippen molar-refractivity contribution < 1.29 is 9.53 Å². The van der Waals surface area contributed by atoms with E-state index in [0.29, 0.717) is 5.92 Å². The fourth-order valence-electron chi connectivity index (χ4n) is 8.45. The van der Waals surface area contributed by atoms with E-state index >= 15 is 0 Å². The second-order valence-corrected chi connectivity index (χ2v) is 11.1. The SMILES string of the molecule is COCC1CCC2C(CCC3C2CCC2(C)C(C(=O)Nc4nccc(C#N)n4)CCC32)C1. The summed E-state index contributed by atoms with van der Waals surface area (Å²) in [6.45, 7) is 3.30. The van der Waals surface area contributed by atoms with Crippen LogP contribution in [-0.2, 0) is 9.53 Å². The summed E-state index contributed by atoms with van der Waals surface area (Å²) in [6.07, 6.45) is 12.8. The third kappa shape index (κ3) is 3.73. The highest BCUT2D eigenvalue weighted by molar-refractivity contribution is 5.91. The molecule has 32 heavy (non-hydrogen) atoms. The minimum Gasteiger partial charge on any atom is -0.384 e. The van der Waals surface area contributed by atoms with Crippen molar-refractivity contribution in [3.63, 3.8) is 0 Å². The van der Waals surface area contributed by atoms with E-state index in [1.165, 1.54) is 51.1 Å². The van der Waals surface area contributed by atoms with Crippen LogP contribution in [0.2, 0.25) is 0 Å². The molecule has 8 atom stereocenters. The van der Waals surface area contributed by atoms with Crippen molar-refractivity contribution in [2.24, 2.45) is 46.8 Å². The van der Waals surface area contributed by atoms with E-state index in [1.807, 2.05) is 13.2 Å². The molecule has 4 aliphatic carbocycles. The van der Waals surface area contributed by atoms with Crippen molar-refractivity contribution in [2.45, 2.75) is 64.7 Å². The van der Waals surface area contributed by atoms with Crippen LogP contribution in [0.25, 0.3) is 0 Å². The van der Waals surface area contributed by atoms with Gasteiger partial charge in [-0.05, 0) is 105 Å². The molecule has 0 bridgehead atoms. The van der Waals surface area contributed by atoms with Crippen molar-refractivity contribution >= 4 is 11.9 Å². The normalized spacial score (nSPS) is 40.5. The Kier molecular flexibility index (Phi) is 5.96. The van der Waals surface area contributed by atoms with Crippen molar-refractivity contribution in [3.05, 3.63) is 18.0 Å². The zero-order chi connectivity index (χ0) is 22.3. The van der Waals surface area contributed by atoms with E-state index in [4.69, 9.17) is 10.00 Å². The Bertz CT molecular complexity index is 898. The zero-order valence-electron chi connectivity index (χ0n) is 19.4. The average molecular weight is 437 g/mol. The number of carbonyl (C=O) groups is 1. The van der Waals surface area contributed by atoms with E-state index in [9.17, 15) is 4.79 Å². The molecule has 0 aromatic carbocycles. The van der Waals surface area contributed by atoms with Gasteiger partial charge in [-0.1, -0.05) is 6.92 Å². The first kappa shape index (κ1) is 21.8. The molecular formula is C26H36N4O2. The summed E-state index contributed by atoms with van der Waals surface area (Å²) in [5.41, 5.74) is 0.348.